The van der Waals surface area contributed by atoms with E-state index < -0.39 is 26.6 Å². The van der Waals surface area contributed by atoms with Crippen molar-refractivity contribution in [3.05, 3.63) is 29.3 Å². The maximum absolute atomic E-state index is 13.8. The smallest absolute Gasteiger partial charge is 0.249 e. The van der Waals surface area contributed by atoms with E-state index in [1.807, 2.05) is 0 Å². The SMILES string of the molecule is C[C@@H]1CN(S(=O)(=O)c2c(F)cc(C#N)cc2F)CCN1. The zero-order valence-electron chi connectivity index (χ0n) is 10.7. The molecule has 8 heteroatoms. The number of rotatable bonds is 2. The molecule has 1 N–H and O–H groups in total. The molecular weight excluding hydrogens is 288 g/mol. The van der Waals surface area contributed by atoms with Crippen LogP contribution in [0.5, 0.6) is 0 Å². The Morgan fingerprint density at radius 1 is 1.40 bits per heavy atom. The van der Waals surface area contributed by atoms with Crippen molar-refractivity contribution in [1.82, 2.24) is 9.62 Å². The van der Waals surface area contributed by atoms with Crippen molar-refractivity contribution in [2.75, 3.05) is 19.6 Å². The molecule has 1 atom stereocenters. The van der Waals surface area contributed by atoms with Crippen molar-refractivity contribution in [3.8, 4) is 6.07 Å². The molecule has 5 nitrogen and oxygen atoms in total. The van der Waals surface area contributed by atoms with Gasteiger partial charge in [0.15, 0.2) is 4.90 Å². The summed E-state index contributed by atoms with van der Waals surface area (Å²) in [5, 5.41) is 11.7. The van der Waals surface area contributed by atoms with Crippen molar-refractivity contribution >= 4 is 10.0 Å². The Kier molecular flexibility index (Phi) is 4.04. The average Bonchev–Trinajstić information content (AvgIpc) is 2.37. The van der Waals surface area contributed by atoms with Crippen LogP contribution in [0.25, 0.3) is 0 Å². The van der Waals surface area contributed by atoms with Crippen LogP contribution >= 0.6 is 0 Å². The monoisotopic (exact) mass is 301 g/mol. The van der Waals surface area contributed by atoms with Gasteiger partial charge in [0.05, 0.1) is 11.6 Å². The van der Waals surface area contributed by atoms with Crippen molar-refractivity contribution in [2.45, 2.75) is 17.9 Å². The lowest BCUT2D eigenvalue weighted by atomic mass is 10.2. The molecule has 0 saturated carbocycles. The molecule has 0 unspecified atom stereocenters. The molecular formula is C12H13F2N3O2S. The Bertz CT molecular complexity index is 647. The van der Waals surface area contributed by atoms with E-state index in [1.54, 1.807) is 13.0 Å². The average molecular weight is 301 g/mol. The Morgan fingerprint density at radius 3 is 2.50 bits per heavy atom. The second-order valence-electron chi connectivity index (χ2n) is 4.60. The van der Waals surface area contributed by atoms with Gasteiger partial charge in [0.25, 0.3) is 0 Å². The van der Waals surface area contributed by atoms with E-state index in [2.05, 4.69) is 5.32 Å². The zero-order valence-corrected chi connectivity index (χ0v) is 11.5. The molecule has 1 saturated heterocycles. The van der Waals surface area contributed by atoms with Crippen LogP contribution in [0.3, 0.4) is 0 Å². The van der Waals surface area contributed by atoms with Crippen molar-refractivity contribution in [1.29, 1.82) is 5.26 Å². The van der Waals surface area contributed by atoms with E-state index in [0.717, 1.165) is 16.4 Å². The highest BCUT2D eigenvalue weighted by molar-refractivity contribution is 7.89. The highest BCUT2D eigenvalue weighted by Gasteiger charge is 2.33. The van der Waals surface area contributed by atoms with Crippen LogP contribution in [0.2, 0.25) is 0 Å². The topological polar surface area (TPSA) is 73.2 Å². The molecule has 0 radical (unpaired) electrons. The number of hydrogen-bond donors (Lipinski definition) is 1. The van der Waals surface area contributed by atoms with Gasteiger partial charge in [0.1, 0.15) is 11.6 Å². The first-order valence-corrected chi connectivity index (χ1v) is 7.43. The maximum Gasteiger partial charge on any atom is 0.249 e. The van der Waals surface area contributed by atoms with E-state index >= 15 is 0 Å². The third-order valence-electron chi connectivity index (χ3n) is 3.06. The normalized spacial score (nSPS) is 20.6. The second-order valence-corrected chi connectivity index (χ2v) is 6.47. The summed E-state index contributed by atoms with van der Waals surface area (Å²) in [4.78, 5) is -0.995. The summed E-state index contributed by atoms with van der Waals surface area (Å²) in [7, 11) is -4.25. The summed E-state index contributed by atoms with van der Waals surface area (Å²) in [5.74, 6) is -2.49. The number of hydrogen-bond acceptors (Lipinski definition) is 4. The number of nitrogens with one attached hydrogen (secondary N) is 1. The Morgan fingerprint density at radius 2 is 2.00 bits per heavy atom. The lowest BCUT2D eigenvalue weighted by molar-refractivity contribution is 0.307. The van der Waals surface area contributed by atoms with E-state index in [1.165, 1.54) is 0 Å². The zero-order chi connectivity index (χ0) is 14.9. The Labute approximate surface area is 115 Å². The molecule has 1 heterocycles. The lowest BCUT2D eigenvalue weighted by Gasteiger charge is -2.31. The Hall–Kier alpha value is -1.56. The Balaban J connectivity index is 2.47. The van der Waals surface area contributed by atoms with E-state index in [0.29, 0.717) is 6.54 Å². The van der Waals surface area contributed by atoms with Crippen molar-refractivity contribution in [3.63, 3.8) is 0 Å². The van der Waals surface area contributed by atoms with E-state index in [9.17, 15) is 17.2 Å². The van der Waals surface area contributed by atoms with Crippen LogP contribution in [0.4, 0.5) is 8.78 Å². The fourth-order valence-corrected chi connectivity index (χ4v) is 3.74. The lowest BCUT2D eigenvalue weighted by Crippen LogP contribution is -2.51. The fourth-order valence-electron chi connectivity index (χ4n) is 2.12. The van der Waals surface area contributed by atoms with Crippen LogP contribution in [-0.2, 0) is 10.0 Å². The largest absolute Gasteiger partial charge is 0.312 e. The summed E-state index contributed by atoms with van der Waals surface area (Å²) < 4.78 is 53.3. The van der Waals surface area contributed by atoms with Crippen molar-refractivity contribution < 1.29 is 17.2 Å². The van der Waals surface area contributed by atoms with Crippen LogP contribution in [0.15, 0.2) is 17.0 Å². The second kappa shape index (κ2) is 5.44. The van der Waals surface area contributed by atoms with Crippen molar-refractivity contribution in [2.24, 2.45) is 0 Å². The van der Waals surface area contributed by atoms with Gasteiger partial charge in [0.2, 0.25) is 10.0 Å². The standard InChI is InChI=1S/C12H13F2N3O2S/c1-8-7-17(3-2-16-8)20(18,19)12-10(13)4-9(6-15)5-11(12)14/h4-5,8,16H,2-3,7H2,1H3/t8-/m1/s1. The van der Waals surface area contributed by atoms with Gasteiger partial charge in [-0.15, -0.1) is 0 Å². The van der Waals surface area contributed by atoms with Gasteiger partial charge >= 0.3 is 0 Å². The molecule has 1 aliphatic heterocycles. The predicted octanol–water partition coefficient (Wildman–Crippen LogP) is 0.819. The maximum atomic E-state index is 13.8. The highest BCUT2D eigenvalue weighted by Crippen LogP contribution is 2.24. The number of sulfonamides is 1. The predicted molar refractivity (Wildman–Crippen MR) is 67.3 cm³/mol. The number of halogens is 2. The minimum atomic E-state index is -4.25. The van der Waals surface area contributed by atoms with Gasteiger partial charge in [-0.2, -0.15) is 9.57 Å². The summed E-state index contributed by atoms with van der Waals surface area (Å²) in [6.07, 6.45) is 0. The summed E-state index contributed by atoms with van der Waals surface area (Å²) in [5.41, 5.74) is -0.257. The third kappa shape index (κ3) is 2.65. The summed E-state index contributed by atoms with van der Waals surface area (Å²) in [6.45, 7) is 2.49. The first-order chi connectivity index (χ1) is 9.36. The van der Waals surface area contributed by atoms with Gasteiger partial charge in [0, 0.05) is 25.7 Å². The summed E-state index contributed by atoms with van der Waals surface area (Å²) in [6, 6.07) is 2.93. The van der Waals surface area contributed by atoms with E-state index in [-0.39, 0.29) is 24.7 Å². The molecule has 0 spiro atoms. The number of nitriles is 1. The fraction of sp³-hybridized carbons (Fsp3) is 0.417. The van der Waals surface area contributed by atoms with Gasteiger partial charge in [-0.25, -0.2) is 17.2 Å². The van der Waals surface area contributed by atoms with Crippen LogP contribution in [0.1, 0.15) is 12.5 Å². The molecule has 0 aromatic heterocycles. The number of benzene rings is 1. The summed E-state index contributed by atoms with van der Waals surface area (Å²) >= 11 is 0. The molecule has 20 heavy (non-hydrogen) atoms. The van der Waals surface area contributed by atoms with Crippen LogP contribution < -0.4 is 5.32 Å². The first kappa shape index (κ1) is 14.8. The molecule has 1 aromatic carbocycles. The van der Waals surface area contributed by atoms with Gasteiger partial charge in [-0.05, 0) is 19.1 Å². The minimum Gasteiger partial charge on any atom is -0.312 e. The third-order valence-corrected chi connectivity index (χ3v) is 4.97. The quantitative estimate of drug-likeness (QED) is 0.877. The van der Waals surface area contributed by atoms with Crippen LogP contribution in [0, 0.1) is 23.0 Å². The molecule has 1 aliphatic rings. The molecule has 1 aromatic rings. The van der Waals surface area contributed by atoms with Gasteiger partial charge in [-0.1, -0.05) is 0 Å². The molecule has 0 bridgehead atoms. The first-order valence-electron chi connectivity index (χ1n) is 5.99. The van der Waals surface area contributed by atoms with Gasteiger partial charge < -0.3 is 5.32 Å². The highest BCUT2D eigenvalue weighted by atomic mass is 32.2. The molecule has 0 aliphatic carbocycles. The molecule has 0 amide bonds. The molecule has 108 valence electrons. The van der Waals surface area contributed by atoms with E-state index in [4.69, 9.17) is 5.26 Å². The molecule has 2 rings (SSSR count). The minimum absolute atomic E-state index is 0.0944. The van der Waals surface area contributed by atoms with Gasteiger partial charge in [-0.3, -0.25) is 0 Å². The number of nitrogens with zero attached hydrogens (tertiary/aromatic N) is 2. The van der Waals surface area contributed by atoms with Crippen LogP contribution in [-0.4, -0.2) is 38.4 Å². The molecule has 1 fully saturated rings. The number of piperazine rings is 1.